The molecular formula is C16H12ClFN2O3S. The van der Waals surface area contributed by atoms with Crippen molar-refractivity contribution in [3.63, 3.8) is 0 Å². The van der Waals surface area contributed by atoms with E-state index in [1.54, 1.807) is 25.1 Å². The summed E-state index contributed by atoms with van der Waals surface area (Å²) in [5.74, 6) is -1.09. The molecule has 0 aliphatic carbocycles. The van der Waals surface area contributed by atoms with Gasteiger partial charge in [-0.3, -0.25) is 4.72 Å². The molecule has 0 unspecified atom stereocenters. The van der Waals surface area contributed by atoms with Crippen molar-refractivity contribution in [1.29, 1.82) is 0 Å². The van der Waals surface area contributed by atoms with Crippen LogP contribution in [0.3, 0.4) is 0 Å². The third-order valence-corrected chi connectivity index (χ3v) is 5.13. The van der Waals surface area contributed by atoms with E-state index in [0.29, 0.717) is 16.5 Å². The van der Waals surface area contributed by atoms with Gasteiger partial charge < -0.3 is 5.11 Å². The normalized spacial score (nSPS) is 11.6. The number of sulfonamides is 1. The van der Waals surface area contributed by atoms with Crippen molar-refractivity contribution in [3.8, 4) is 5.88 Å². The van der Waals surface area contributed by atoms with Crippen LogP contribution < -0.4 is 4.72 Å². The van der Waals surface area contributed by atoms with Crippen molar-refractivity contribution in [1.82, 2.24) is 4.98 Å². The minimum atomic E-state index is -4.13. The van der Waals surface area contributed by atoms with Crippen LogP contribution in [0.1, 0.15) is 5.56 Å². The van der Waals surface area contributed by atoms with Crippen LogP contribution in [0.5, 0.6) is 5.88 Å². The summed E-state index contributed by atoms with van der Waals surface area (Å²) in [5, 5.41) is 9.97. The van der Waals surface area contributed by atoms with E-state index in [1.807, 2.05) is 0 Å². The summed E-state index contributed by atoms with van der Waals surface area (Å²) in [6, 6.07) is 10.0. The fraction of sp³-hybridized carbons (Fsp3) is 0.0625. The van der Waals surface area contributed by atoms with E-state index in [1.165, 1.54) is 18.2 Å². The number of benzene rings is 2. The lowest BCUT2D eigenvalue weighted by Gasteiger charge is -2.10. The third-order valence-electron chi connectivity index (χ3n) is 3.44. The molecule has 2 N–H and O–H groups in total. The molecule has 0 radical (unpaired) electrons. The molecule has 0 saturated heterocycles. The number of aromatic hydroxyl groups is 1. The molecule has 24 heavy (non-hydrogen) atoms. The molecule has 0 bridgehead atoms. The zero-order valence-electron chi connectivity index (χ0n) is 12.4. The molecular weight excluding hydrogens is 355 g/mol. The van der Waals surface area contributed by atoms with Crippen LogP contribution in [0.15, 0.2) is 47.4 Å². The van der Waals surface area contributed by atoms with Gasteiger partial charge >= 0.3 is 0 Å². The predicted molar refractivity (Wildman–Crippen MR) is 90.4 cm³/mol. The molecule has 1 aromatic heterocycles. The molecule has 124 valence electrons. The number of aryl methyl sites for hydroxylation is 1. The van der Waals surface area contributed by atoms with Crippen molar-refractivity contribution in [2.24, 2.45) is 0 Å². The van der Waals surface area contributed by atoms with Gasteiger partial charge in [0, 0.05) is 16.6 Å². The zero-order valence-corrected chi connectivity index (χ0v) is 14.0. The van der Waals surface area contributed by atoms with Gasteiger partial charge in [0.05, 0.1) is 10.5 Å². The Morgan fingerprint density at radius 2 is 1.96 bits per heavy atom. The SMILES string of the molecule is Cc1cc2cc(NS(=O)(=O)c3cccc(Cl)c3F)ccc2nc1O. The quantitative estimate of drug-likeness (QED) is 0.738. The lowest BCUT2D eigenvalue weighted by atomic mass is 10.1. The van der Waals surface area contributed by atoms with Gasteiger partial charge in [-0.15, -0.1) is 0 Å². The Morgan fingerprint density at radius 3 is 2.71 bits per heavy atom. The molecule has 0 atom stereocenters. The van der Waals surface area contributed by atoms with Crippen LogP contribution in [-0.2, 0) is 10.0 Å². The average molecular weight is 367 g/mol. The second-order valence-electron chi connectivity index (χ2n) is 5.19. The van der Waals surface area contributed by atoms with Gasteiger partial charge in [-0.1, -0.05) is 17.7 Å². The first-order valence-electron chi connectivity index (χ1n) is 6.85. The van der Waals surface area contributed by atoms with Gasteiger partial charge in [0.25, 0.3) is 10.0 Å². The molecule has 2 aromatic carbocycles. The number of hydrogen-bond donors (Lipinski definition) is 2. The highest BCUT2D eigenvalue weighted by molar-refractivity contribution is 7.92. The minimum Gasteiger partial charge on any atom is -0.493 e. The van der Waals surface area contributed by atoms with Crippen molar-refractivity contribution < 1.29 is 17.9 Å². The highest BCUT2D eigenvalue weighted by Crippen LogP contribution is 2.27. The van der Waals surface area contributed by atoms with Crippen LogP contribution in [0.4, 0.5) is 10.1 Å². The van der Waals surface area contributed by atoms with Gasteiger partial charge in [-0.2, -0.15) is 0 Å². The van der Waals surface area contributed by atoms with Crippen molar-refractivity contribution >= 4 is 38.2 Å². The summed E-state index contributed by atoms with van der Waals surface area (Å²) in [4.78, 5) is 3.47. The highest BCUT2D eigenvalue weighted by atomic mass is 35.5. The number of hydrogen-bond acceptors (Lipinski definition) is 4. The van der Waals surface area contributed by atoms with Gasteiger partial charge in [0.2, 0.25) is 5.88 Å². The van der Waals surface area contributed by atoms with E-state index in [9.17, 15) is 17.9 Å². The summed E-state index contributed by atoms with van der Waals surface area (Å²) in [7, 11) is -4.13. The third kappa shape index (κ3) is 3.00. The largest absolute Gasteiger partial charge is 0.493 e. The number of pyridine rings is 1. The Labute approximate surface area is 142 Å². The van der Waals surface area contributed by atoms with E-state index in [2.05, 4.69) is 9.71 Å². The second kappa shape index (κ2) is 5.92. The van der Waals surface area contributed by atoms with Crippen LogP contribution >= 0.6 is 11.6 Å². The topological polar surface area (TPSA) is 79.3 Å². The molecule has 3 rings (SSSR count). The molecule has 0 aliphatic heterocycles. The average Bonchev–Trinajstić information content (AvgIpc) is 2.51. The number of anilines is 1. The van der Waals surface area contributed by atoms with Crippen LogP contribution in [0.2, 0.25) is 5.02 Å². The second-order valence-corrected chi connectivity index (χ2v) is 7.25. The maximum atomic E-state index is 14.0. The Hall–Kier alpha value is -2.38. The van der Waals surface area contributed by atoms with Gasteiger partial charge in [-0.05, 0) is 43.3 Å². The number of halogens is 2. The first-order valence-corrected chi connectivity index (χ1v) is 8.71. The van der Waals surface area contributed by atoms with Crippen LogP contribution in [0.25, 0.3) is 10.9 Å². The van der Waals surface area contributed by atoms with E-state index in [0.717, 1.165) is 6.07 Å². The summed E-state index contributed by atoms with van der Waals surface area (Å²) in [5.41, 5.74) is 1.31. The molecule has 0 fully saturated rings. The zero-order chi connectivity index (χ0) is 17.5. The molecule has 1 heterocycles. The first kappa shape index (κ1) is 16.5. The van der Waals surface area contributed by atoms with E-state index in [4.69, 9.17) is 11.6 Å². The number of aromatic nitrogens is 1. The molecule has 3 aromatic rings. The van der Waals surface area contributed by atoms with Crippen LogP contribution in [-0.4, -0.2) is 18.5 Å². The molecule has 5 nitrogen and oxygen atoms in total. The van der Waals surface area contributed by atoms with Gasteiger partial charge in [-0.25, -0.2) is 17.8 Å². The Balaban J connectivity index is 2.02. The standard InChI is InChI=1S/C16H12ClFN2O3S/c1-9-7-10-8-11(5-6-13(10)19-16(9)21)20-24(22,23)14-4-2-3-12(17)15(14)18/h2-8,20H,1H3,(H,19,21). The van der Waals surface area contributed by atoms with Gasteiger partial charge in [0.15, 0.2) is 5.82 Å². The van der Waals surface area contributed by atoms with Crippen LogP contribution in [0, 0.1) is 12.7 Å². The first-order chi connectivity index (χ1) is 11.3. The number of fused-ring (bicyclic) bond motifs is 1. The van der Waals surface area contributed by atoms with Crippen molar-refractivity contribution in [2.45, 2.75) is 11.8 Å². The van der Waals surface area contributed by atoms with Gasteiger partial charge in [0.1, 0.15) is 4.90 Å². The monoisotopic (exact) mass is 366 g/mol. The molecule has 0 saturated carbocycles. The number of nitrogens with one attached hydrogen (secondary N) is 1. The maximum absolute atomic E-state index is 14.0. The Morgan fingerprint density at radius 1 is 1.21 bits per heavy atom. The predicted octanol–water partition coefficient (Wildman–Crippen LogP) is 3.84. The number of rotatable bonds is 3. The molecule has 0 amide bonds. The summed E-state index contributed by atoms with van der Waals surface area (Å²) in [6.45, 7) is 1.68. The summed E-state index contributed by atoms with van der Waals surface area (Å²) >= 11 is 5.63. The maximum Gasteiger partial charge on any atom is 0.264 e. The van der Waals surface area contributed by atoms with E-state index < -0.39 is 20.7 Å². The fourth-order valence-corrected chi connectivity index (χ4v) is 3.62. The molecule has 8 heteroatoms. The lowest BCUT2D eigenvalue weighted by molar-refractivity contribution is 0.451. The molecule has 0 spiro atoms. The Bertz CT molecular complexity index is 1050. The smallest absolute Gasteiger partial charge is 0.264 e. The van der Waals surface area contributed by atoms with E-state index >= 15 is 0 Å². The lowest BCUT2D eigenvalue weighted by Crippen LogP contribution is -2.14. The number of nitrogens with zero attached hydrogens (tertiary/aromatic N) is 1. The minimum absolute atomic E-state index is 0.0863. The summed E-state index contributed by atoms with van der Waals surface area (Å²) < 4.78 is 41.0. The molecule has 0 aliphatic rings. The van der Waals surface area contributed by atoms with Crippen molar-refractivity contribution in [2.75, 3.05) is 4.72 Å². The summed E-state index contributed by atoms with van der Waals surface area (Å²) in [6.07, 6.45) is 0. The van der Waals surface area contributed by atoms with E-state index in [-0.39, 0.29) is 16.6 Å². The fourth-order valence-electron chi connectivity index (χ4n) is 2.24. The Kier molecular flexibility index (Phi) is 4.06. The van der Waals surface area contributed by atoms with Crippen molar-refractivity contribution in [3.05, 3.63) is 58.9 Å². The highest BCUT2D eigenvalue weighted by Gasteiger charge is 2.21.